The van der Waals surface area contributed by atoms with E-state index in [1.54, 1.807) is 12.1 Å². The van der Waals surface area contributed by atoms with Crippen LogP contribution in [0.1, 0.15) is 10.4 Å². The van der Waals surface area contributed by atoms with Gasteiger partial charge in [-0.2, -0.15) is 0 Å². The third kappa shape index (κ3) is 3.58. The number of nitrogens with zero attached hydrogens (tertiary/aromatic N) is 3. The monoisotopic (exact) mass is 359 g/mol. The second-order valence-electron chi connectivity index (χ2n) is 5.90. The summed E-state index contributed by atoms with van der Waals surface area (Å²) >= 11 is 0. The van der Waals surface area contributed by atoms with Crippen LogP contribution in [0.15, 0.2) is 42.5 Å². The van der Waals surface area contributed by atoms with Gasteiger partial charge in [-0.25, -0.2) is 9.18 Å². The van der Waals surface area contributed by atoms with Gasteiger partial charge in [0, 0.05) is 37.9 Å². The smallest absolute Gasteiger partial charge is 0.337 e. The average molecular weight is 359 g/mol. The number of benzene rings is 2. The number of carbonyl (C=O) groups excluding carboxylic acids is 1. The Morgan fingerprint density at radius 1 is 1.08 bits per heavy atom. The van der Waals surface area contributed by atoms with E-state index in [1.165, 1.54) is 37.4 Å². The van der Waals surface area contributed by atoms with Gasteiger partial charge in [-0.05, 0) is 36.4 Å². The maximum Gasteiger partial charge on any atom is 0.337 e. The molecule has 1 fully saturated rings. The van der Waals surface area contributed by atoms with Gasteiger partial charge >= 0.3 is 5.97 Å². The van der Waals surface area contributed by atoms with E-state index in [0.29, 0.717) is 31.9 Å². The molecule has 0 aliphatic carbocycles. The summed E-state index contributed by atoms with van der Waals surface area (Å²) in [5, 5.41) is 11.3. The zero-order valence-electron chi connectivity index (χ0n) is 14.2. The summed E-state index contributed by atoms with van der Waals surface area (Å²) in [6.07, 6.45) is 0. The molecule has 1 aliphatic rings. The van der Waals surface area contributed by atoms with Crippen LogP contribution in [0.25, 0.3) is 0 Å². The number of nitro benzene ring substituents is 1. The molecule has 0 radical (unpaired) electrons. The second kappa shape index (κ2) is 7.38. The molecule has 0 N–H and O–H groups in total. The van der Waals surface area contributed by atoms with Crippen LogP contribution in [0, 0.1) is 15.9 Å². The molecule has 136 valence electrons. The largest absolute Gasteiger partial charge is 0.465 e. The first-order valence-electron chi connectivity index (χ1n) is 8.12. The van der Waals surface area contributed by atoms with Crippen molar-refractivity contribution in [1.82, 2.24) is 0 Å². The molecule has 0 amide bonds. The molecule has 0 unspecified atom stereocenters. The van der Waals surface area contributed by atoms with Gasteiger partial charge in [0.15, 0.2) is 0 Å². The summed E-state index contributed by atoms with van der Waals surface area (Å²) in [6, 6.07) is 10.5. The average Bonchev–Trinajstić information content (AvgIpc) is 2.67. The lowest BCUT2D eigenvalue weighted by Gasteiger charge is -2.37. The maximum absolute atomic E-state index is 13.1. The molecule has 8 heteroatoms. The first kappa shape index (κ1) is 17.7. The number of nitro groups is 1. The van der Waals surface area contributed by atoms with Gasteiger partial charge in [-0.15, -0.1) is 0 Å². The van der Waals surface area contributed by atoms with E-state index in [-0.39, 0.29) is 17.1 Å². The van der Waals surface area contributed by atoms with E-state index in [1.807, 2.05) is 4.90 Å². The van der Waals surface area contributed by atoms with Crippen molar-refractivity contribution in [3.63, 3.8) is 0 Å². The third-order valence-corrected chi connectivity index (χ3v) is 4.41. The fourth-order valence-corrected chi connectivity index (χ4v) is 3.03. The minimum absolute atomic E-state index is 0.0483. The normalized spacial score (nSPS) is 14.2. The second-order valence-corrected chi connectivity index (χ2v) is 5.90. The summed E-state index contributed by atoms with van der Waals surface area (Å²) < 4.78 is 17.8. The zero-order chi connectivity index (χ0) is 18.7. The highest BCUT2D eigenvalue weighted by Crippen LogP contribution is 2.31. The number of piperazine rings is 1. The standard InChI is InChI=1S/C18H18FN3O4/c1-26-18(23)13-2-7-16(22(24)25)17(12-13)21-10-8-20(9-11-21)15-5-3-14(19)4-6-15/h2-7,12H,8-11H2,1H3. The molecular formula is C18H18FN3O4. The Labute approximate surface area is 149 Å². The van der Waals surface area contributed by atoms with E-state index in [0.717, 1.165) is 5.69 Å². The van der Waals surface area contributed by atoms with Crippen LogP contribution in [0.3, 0.4) is 0 Å². The van der Waals surface area contributed by atoms with E-state index in [4.69, 9.17) is 4.74 Å². The summed E-state index contributed by atoms with van der Waals surface area (Å²) in [6.45, 7) is 2.35. The number of carbonyl (C=O) groups is 1. The molecule has 2 aromatic rings. The van der Waals surface area contributed by atoms with E-state index in [2.05, 4.69) is 4.90 Å². The first-order valence-corrected chi connectivity index (χ1v) is 8.12. The van der Waals surface area contributed by atoms with Crippen molar-refractivity contribution in [3.8, 4) is 0 Å². The summed E-state index contributed by atoms with van der Waals surface area (Å²) in [4.78, 5) is 26.6. The minimum Gasteiger partial charge on any atom is -0.465 e. The highest BCUT2D eigenvalue weighted by Gasteiger charge is 2.25. The summed E-state index contributed by atoms with van der Waals surface area (Å²) in [7, 11) is 1.27. The predicted octanol–water partition coefficient (Wildman–Crippen LogP) is 2.85. The molecule has 2 aromatic carbocycles. The van der Waals surface area contributed by atoms with Gasteiger partial charge in [0.25, 0.3) is 5.69 Å². The van der Waals surface area contributed by atoms with Crippen LogP contribution in [0.5, 0.6) is 0 Å². The maximum atomic E-state index is 13.1. The quantitative estimate of drug-likeness (QED) is 0.475. The molecule has 0 saturated carbocycles. The Bertz CT molecular complexity index is 818. The molecule has 0 aromatic heterocycles. The lowest BCUT2D eigenvalue weighted by atomic mass is 10.1. The number of hydrogen-bond acceptors (Lipinski definition) is 6. The lowest BCUT2D eigenvalue weighted by Crippen LogP contribution is -2.46. The Morgan fingerprint density at radius 3 is 2.27 bits per heavy atom. The number of rotatable bonds is 4. The summed E-state index contributed by atoms with van der Waals surface area (Å²) in [5.41, 5.74) is 1.53. The number of anilines is 2. The van der Waals surface area contributed by atoms with Crippen molar-refractivity contribution < 1.29 is 18.8 Å². The van der Waals surface area contributed by atoms with Gasteiger partial charge in [-0.1, -0.05) is 0 Å². The Kier molecular flexibility index (Phi) is 5.01. The van der Waals surface area contributed by atoms with Crippen LogP contribution >= 0.6 is 0 Å². The topological polar surface area (TPSA) is 75.9 Å². The van der Waals surface area contributed by atoms with Crippen LogP contribution in [0.4, 0.5) is 21.5 Å². The van der Waals surface area contributed by atoms with Crippen LogP contribution in [-0.2, 0) is 4.74 Å². The number of hydrogen-bond donors (Lipinski definition) is 0. The number of methoxy groups -OCH3 is 1. The van der Waals surface area contributed by atoms with Crippen LogP contribution in [-0.4, -0.2) is 44.2 Å². The fourth-order valence-electron chi connectivity index (χ4n) is 3.03. The minimum atomic E-state index is -0.536. The highest BCUT2D eigenvalue weighted by atomic mass is 19.1. The molecule has 1 saturated heterocycles. The molecule has 3 rings (SSSR count). The van der Waals surface area contributed by atoms with E-state index >= 15 is 0 Å². The van der Waals surface area contributed by atoms with Crippen LogP contribution in [0.2, 0.25) is 0 Å². The molecule has 1 heterocycles. The zero-order valence-corrected chi connectivity index (χ0v) is 14.2. The number of ether oxygens (including phenoxy) is 1. The third-order valence-electron chi connectivity index (χ3n) is 4.41. The molecule has 7 nitrogen and oxygen atoms in total. The predicted molar refractivity (Wildman–Crippen MR) is 95.3 cm³/mol. The van der Waals surface area contributed by atoms with Crippen molar-refractivity contribution in [2.75, 3.05) is 43.1 Å². The SMILES string of the molecule is COC(=O)c1ccc([N+](=O)[O-])c(N2CCN(c3ccc(F)cc3)CC2)c1. The van der Waals surface area contributed by atoms with Gasteiger partial charge in [0.2, 0.25) is 0 Å². The van der Waals surface area contributed by atoms with Crippen molar-refractivity contribution >= 4 is 23.0 Å². The molecule has 0 atom stereocenters. The molecular weight excluding hydrogens is 341 g/mol. The van der Waals surface area contributed by atoms with Crippen molar-refractivity contribution in [1.29, 1.82) is 0 Å². The molecule has 1 aliphatic heterocycles. The van der Waals surface area contributed by atoms with Gasteiger partial charge in [0.1, 0.15) is 11.5 Å². The van der Waals surface area contributed by atoms with Crippen molar-refractivity contribution in [2.45, 2.75) is 0 Å². The number of halogens is 1. The highest BCUT2D eigenvalue weighted by molar-refractivity contribution is 5.91. The summed E-state index contributed by atoms with van der Waals surface area (Å²) in [5.74, 6) is -0.825. The van der Waals surface area contributed by atoms with Gasteiger partial charge in [-0.3, -0.25) is 10.1 Å². The van der Waals surface area contributed by atoms with Crippen LogP contribution < -0.4 is 9.80 Å². The molecule has 0 spiro atoms. The first-order chi connectivity index (χ1) is 12.5. The number of esters is 1. The van der Waals surface area contributed by atoms with Crippen molar-refractivity contribution in [3.05, 3.63) is 64.0 Å². The van der Waals surface area contributed by atoms with Crippen molar-refractivity contribution in [2.24, 2.45) is 0 Å². The molecule has 26 heavy (non-hydrogen) atoms. The molecule has 0 bridgehead atoms. The fraction of sp³-hybridized carbons (Fsp3) is 0.278. The Hall–Kier alpha value is -3.16. The van der Waals surface area contributed by atoms with Gasteiger partial charge in [0.05, 0.1) is 17.6 Å². The Balaban J connectivity index is 1.80. The lowest BCUT2D eigenvalue weighted by molar-refractivity contribution is -0.384. The van der Waals surface area contributed by atoms with E-state index in [9.17, 15) is 19.3 Å². The van der Waals surface area contributed by atoms with E-state index < -0.39 is 10.9 Å². The Morgan fingerprint density at radius 2 is 1.69 bits per heavy atom. The van der Waals surface area contributed by atoms with Gasteiger partial charge < -0.3 is 14.5 Å².